The van der Waals surface area contributed by atoms with Crippen LogP contribution in [0.3, 0.4) is 0 Å². The van der Waals surface area contributed by atoms with Crippen molar-refractivity contribution in [3.8, 4) is 0 Å². The van der Waals surface area contributed by atoms with Gasteiger partial charge in [-0.05, 0) is 34.8 Å². The van der Waals surface area contributed by atoms with E-state index in [1.807, 2.05) is 6.07 Å². The molecule has 80 valence electrons. The van der Waals surface area contributed by atoms with Gasteiger partial charge in [-0.15, -0.1) is 0 Å². The molecule has 0 spiro atoms. The highest BCUT2D eigenvalue weighted by Gasteiger charge is 2.32. The van der Waals surface area contributed by atoms with Crippen LogP contribution in [0.4, 0.5) is 15.8 Å². The summed E-state index contributed by atoms with van der Waals surface area (Å²) in [4.78, 5) is 2.38. The minimum Gasteiger partial charge on any atom is -0.382 e. The van der Waals surface area contributed by atoms with Crippen LogP contribution in [-0.4, -0.2) is 19.1 Å². The molecule has 1 N–H and O–H groups in total. The zero-order valence-electron chi connectivity index (χ0n) is 8.26. The maximum atomic E-state index is 13.3. The van der Waals surface area contributed by atoms with Crippen molar-refractivity contribution in [2.75, 3.05) is 23.3 Å². The van der Waals surface area contributed by atoms with Crippen molar-refractivity contribution < 1.29 is 4.39 Å². The lowest BCUT2D eigenvalue weighted by Gasteiger charge is -2.32. The summed E-state index contributed by atoms with van der Waals surface area (Å²) in [7, 11) is 0. The van der Waals surface area contributed by atoms with Gasteiger partial charge in [0.05, 0.1) is 15.8 Å². The molecule has 3 rings (SSSR count). The van der Waals surface area contributed by atoms with Crippen molar-refractivity contribution in [2.24, 2.45) is 0 Å². The molecule has 0 bridgehead atoms. The summed E-state index contributed by atoms with van der Waals surface area (Å²) in [6.07, 6.45) is 2.54. The van der Waals surface area contributed by atoms with E-state index in [9.17, 15) is 4.39 Å². The second-order valence-corrected chi connectivity index (χ2v) is 4.99. The minimum absolute atomic E-state index is 0.195. The average molecular weight is 271 g/mol. The van der Waals surface area contributed by atoms with Gasteiger partial charge >= 0.3 is 0 Å². The fraction of sp³-hybridized carbons (Fsp3) is 0.455. The maximum Gasteiger partial charge on any atom is 0.139 e. The van der Waals surface area contributed by atoms with Gasteiger partial charge in [-0.1, -0.05) is 0 Å². The van der Waals surface area contributed by atoms with Crippen LogP contribution in [-0.2, 0) is 0 Å². The van der Waals surface area contributed by atoms with Crippen molar-refractivity contribution in [3.63, 3.8) is 0 Å². The Morgan fingerprint density at radius 2 is 2.20 bits per heavy atom. The normalized spacial score (nSPS) is 19.7. The Kier molecular flexibility index (Phi) is 2.12. The molecular formula is C11H12BrFN2. The highest BCUT2D eigenvalue weighted by Crippen LogP contribution is 2.39. The molecule has 0 unspecified atom stereocenters. The molecule has 0 saturated heterocycles. The minimum atomic E-state index is -0.195. The summed E-state index contributed by atoms with van der Waals surface area (Å²) in [5.74, 6) is -0.195. The molecule has 0 atom stereocenters. The summed E-state index contributed by atoms with van der Waals surface area (Å²) in [5.41, 5.74) is 2.06. The van der Waals surface area contributed by atoms with Crippen molar-refractivity contribution in [2.45, 2.75) is 18.9 Å². The van der Waals surface area contributed by atoms with Gasteiger partial charge < -0.3 is 10.2 Å². The monoisotopic (exact) mass is 270 g/mol. The zero-order chi connectivity index (χ0) is 10.4. The molecule has 1 heterocycles. The van der Waals surface area contributed by atoms with Crippen LogP contribution in [0.15, 0.2) is 16.6 Å². The third-order valence-electron chi connectivity index (χ3n) is 3.00. The lowest BCUT2D eigenvalue weighted by molar-refractivity contribution is 0.620. The average Bonchev–Trinajstić information content (AvgIpc) is 3.02. The summed E-state index contributed by atoms with van der Waals surface area (Å²) in [6, 6.07) is 4.14. The Morgan fingerprint density at radius 3 is 2.93 bits per heavy atom. The highest BCUT2D eigenvalue weighted by atomic mass is 79.9. The van der Waals surface area contributed by atoms with Crippen LogP contribution in [0.1, 0.15) is 12.8 Å². The Morgan fingerprint density at radius 1 is 1.40 bits per heavy atom. The van der Waals surface area contributed by atoms with Gasteiger partial charge in [-0.25, -0.2) is 4.39 Å². The summed E-state index contributed by atoms with van der Waals surface area (Å²) in [5, 5.41) is 3.24. The van der Waals surface area contributed by atoms with E-state index in [1.165, 1.54) is 12.8 Å². The van der Waals surface area contributed by atoms with Gasteiger partial charge in [-0.3, -0.25) is 0 Å². The Hall–Kier alpha value is -0.770. The molecular weight excluding hydrogens is 259 g/mol. The molecule has 1 aliphatic heterocycles. The second kappa shape index (κ2) is 3.37. The summed E-state index contributed by atoms with van der Waals surface area (Å²) in [6.45, 7) is 1.93. The number of nitrogens with one attached hydrogen (secondary N) is 1. The van der Waals surface area contributed by atoms with Crippen molar-refractivity contribution in [3.05, 3.63) is 22.4 Å². The number of hydrogen-bond acceptors (Lipinski definition) is 2. The molecule has 1 aromatic carbocycles. The van der Waals surface area contributed by atoms with Gasteiger partial charge in [-0.2, -0.15) is 0 Å². The number of hydrogen-bond donors (Lipinski definition) is 1. The second-order valence-electron chi connectivity index (χ2n) is 4.13. The van der Waals surface area contributed by atoms with Crippen LogP contribution in [0.25, 0.3) is 0 Å². The molecule has 4 heteroatoms. The number of nitrogens with zero attached hydrogens (tertiary/aromatic N) is 1. The van der Waals surface area contributed by atoms with E-state index in [2.05, 4.69) is 26.1 Å². The summed E-state index contributed by atoms with van der Waals surface area (Å²) >= 11 is 3.24. The third kappa shape index (κ3) is 1.61. The molecule has 0 radical (unpaired) electrons. The van der Waals surface area contributed by atoms with Crippen LogP contribution >= 0.6 is 15.9 Å². The Balaban J connectivity index is 2.05. The number of rotatable bonds is 1. The predicted molar refractivity (Wildman–Crippen MR) is 63.0 cm³/mol. The first-order chi connectivity index (χ1) is 7.25. The number of benzene rings is 1. The van der Waals surface area contributed by atoms with Gasteiger partial charge in [0.25, 0.3) is 0 Å². The standard InChI is InChI=1S/C11H12BrFN2/c12-8-5-11-10(6-9(8)13)14-3-4-15(11)7-1-2-7/h5-7,14H,1-4H2. The molecule has 1 aliphatic carbocycles. The third-order valence-corrected chi connectivity index (χ3v) is 3.61. The predicted octanol–water partition coefficient (Wildman–Crippen LogP) is 2.98. The lowest BCUT2D eigenvalue weighted by Crippen LogP contribution is -2.35. The molecule has 1 saturated carbocycles. The van der Waals surface area contributed by atoms with Crippen molar-refractivity contribution in [1.82, 2.24) is 0 Å². The molecule has 2 aliphatic rings. The zero-order valence-corrected chi connectivity index (χ0v) is 9.85. The topological polar surface area (TPSA) is 15.3 Å². The van der Waals surface area contributed by atoms with Crippen LogP contribution in [0.2, 0.25) is 0 Å². The molecule has 0 amide bonds. The number of anilines is 2. The van der Waals surface area contributed by atoms with Gasteiger partial charge in [0.1, 0.15) is 5.82 Å². The van der Waals surface area contributed by atoms with E-state index in [0.29, 0.717) is 10.5 Å². The van der Waals surface area contributed by atoms with Gasteiger partial charge in [0, 0.05) is 25.2 Å². The number of halogens is 2. The fourth-order valence-electron chi connectivity index (χ4n) is 2.11. The van der Waals surface area contributed by atoms with E-state index in [-0.39, 0.29) is 5.82 Å². The Labute approximate surface area is 96.6 Å². The Bertz CT molecular complexity index is 404. The molecule has 2 nitrogen and oxygen atoms in total. The van der Waals surface area contributed by atoms with E-state index in [0.717, 1.165) is 24.5 Å². The SMILES string of the molecule is Fc1cc2c(cc1Br)N(C1CC1)CCN2. The quantitative estimate of drug-likeness (QED) is 0.844. The largest absolute Gasteiger partial charge is 0.382 e. The van der Waals surface area contributed by atoms with E-state index < -0.39 is 0 Å². The van der Waals surface area contributed by atoms with E-state index in [1.54, 1.807) is 6.07 Å². The molecule has 15 heavy (non-hydrogen) atoms. The first-order valence-corrected chi connectivity index (χ1v) is 6.04. The molecule has 0 aromatic heterocycles. The first-order valence-electron chi connectivity index (χ1n) is 5.25. The van der Waals surface area contributed by atoms with E-state index >= 15 is 0 Å². The van der Waals surface area contributed by atoms with Crippen molar-refractivity contribution in [1.29, 1.82) is 0 Å². The summed E-state index contributed by atoms with van der Waals surface area (Å²) < 4.78 is 13.9. The van der Waals surface area contributed by atoms with Crippen molar-refractivity contribution >= 4 is 27.3 Å². The van der Waals surface area contributed by atoms with E-state index in [4.69, 9.17) is 0 Å². The van der Waals surface area contributed by atoms with Crippen LogP contribution in [0.5, 0.6) is 0 Å². The fourth-order valence-corrected chi connectivity index (χ4v) is 2.44. The molecule has 1 aromatic rings. The lowest BCUT2D eigenvalue weighted by atomic mass is 10.2. The maximum absolute atomic E-state index is 13.3. The van der Waals surface area contributed by atoms with Gasteiger partial charge in [0.2, 0.25) is 0 Å². The first kappa shape index (κ1) is 9.46. The highest BCUT2D eigenvalue weighted by molar-refractivity contribution is 9.10. The smallest absolute Gasteiger partial charge is 0.139 e. The van der Waals surface area contributed by atoms with Gasteiger partial charge in [0.15, 0.2) is 0 Å². The number of fused-ring (bicyclic) bond motifs is 1. The van der Waals surface area contributed by atoms with Crippen LogP contribution in [0, 0.1) is 5.82 Å². The molecule has 1 fully saturated rings. The van der Waals surface area contributed by atoms with Crippen LogP contribution < -0.4 is 10.2 Å².